The Bertz CT molecular complexity index is 1220. The smallest absolute Gasteiger partial charge is 0.257 e. The first-order valence-corrected chi connectivity index (χ1v) is 10.8. The summed E-state index contributed by atoms with van der Waals surface area (Å²) in [6.45, 7) is 0.449. The molecule has 3 aromatic carbocycles. The van der Waals surface area contributed by atoms with Crippen LogP contribution in [0.2, 0.25) is 0 Å². The first kappa shape index (κ1) is 21.4. The van der Waals surface area contributed by atoms with Crippen LogP contribution in [0.1, 0.15) is 26.3 Å². The summed E-state index contributed by atoms with van der Waals surface area (Å²) in [5, 5.41) is 8.12. The molecule has 0 saturated heterocycles. The molecule has 0 aliphatic rings. The molecule has 4 rings (SSSR count). The second kappa shape index (κ2) is 10.00. The summed E-state index contributed by atoms with van der Waals surface area (Å²) in [4.78, 5) is 29.4. The highest BCUT2D eigenvalue weighted by atomic mass is 32.1. The van der Waals surface area contributed by atoms with Gasteiger partial charge in [-0.15, -0.1) is 11.3 Å². The van der Waals surface area contributed by atoms with E-state index in [1.165, 1.54) is 11.3 Å². The highest BCUT2D eigenvalue weighted by molar-refractivity contribution is 7.14. The predicted molar refractivity (Wildman–Crippen MR) is 127 cm³/mol. The zero-order valence-corrected chi connectivity index (χ0v) is 18.2. The molecule has 32 heavy (non-hydrogen) atoms. The Morgan fingerprint density at radius 3 is 2.34 bits per heavy atom. The zero-order chi connectivity index (χ0) is 22.3. The molecule has 0 bridgehead atoms. The maximum absolute atomic E-state index is 12.6. The van der Waals surface area contributed by atoms with Gasteiger partial charge < -0.3 is 10.1 Å². The van der Waals surface area contributed by atoms with Crippen LogP contribution in [-0.4, -0.2) is 23.9 Å². The Kier molecular flexibility index (Phi) is 6.69. The maximum atomic E-state index is 12.6. The molecule has 2 amide bonds. The molecule has 1 aromatic heterocycles. The second-order valence-electron chi connectivity index (χ2n) is 7.02. The van der Waals surface area contributed by atoms with Crippen molar-refractivity contribution in [1.82, 2.24) is 4.98 Å². The first-order valence-electron chi connectivity index (χ1n) is 9.94. The number of rotatable bonds is 7. The minimum absolute atomic E-state index is 0.161. The summed E-state index contributed by atoms with van der Waals surface area (Å²) < 4.78 is 5.12. The zero-order valence-electron chi connectivity index (χ0n) is 17.4. The van der Waals surface area contributed by atoms with E-state index in [1.807, 2.05) is 60.0 Å². The minimum atomic E-state index is -0.220. The second-order valence-corrected chi connectivity index (χ2v) is 7.88. The standard InChI is InChI=1S/C25H21N3O3S/c1-31-15-17-6-5-9-20(14-17)24(30)28-25-27-22(16-32-25)18-10-12-21(13-11-18)26-23(29)19-7-3-2-4-8-19/h2-14,16H,15H2,1H3,(H,26,29)(H,27,28,30). The van der Waals surface area contributed by atoms with Gasteiger partial charge >= 0.3 is 0 Å². The molecule has 4 aromatic rings. The molecule has 0 aliphatic heterocycles. The molecule has 6 nitrogen and oxygen atoms in total. The summed E-state index contributed by atoms with van der Waals surface area (Å²) in [5.74, 6) is -0.380. The van der Waals surface area contributed by atoms with Crippen LogP contribution >= 0.6 is 11.3 Å². The van der Waals surface area contributed by atoms with Crippen molar-refractivity contribution >= 4 is 34.0 Å². The summed E-state index contributed by atoms with van der Waals surface area (Å²) >= 11 is 1.36. The van der Waals surface area contributed by atoms with Gasteiger partial charge in [0.2, 0.25) is 0 Å². The number of carbonyl (C=O) groups excluding carboxylic acids is 2. The molecule has 2 N–H and O–H groups in total. The van der Waals surface area contributed by atoms with E-state index in [9.17, 15) is 9.59 Å². The molecule has 1 heterocycles. The van der Waals surface area contributed by atoms with Gasteiger partial charge in [0, 0.05) is 34.9 Å². The van der Waals surface area contributed by atoms with Crippen LogP contribution in [0, 0.1) is 0 Å². The van der Waals surface area contributed by atoms with Gasteiger partial charge in [-0.05, 0) is 42.0 Å². The van der Waals surface area contributed by atoms with Crippen LogP contribution < -0.4 is 10.6 Å². The molecule has 0 aliphatic carbocycles. The number of hydrogen-bond acceptors (Lipinski definition) is 5. The summed E-state index contributed by atoms with van der Waals surface area (Å²) in [7, 11) is 1.62. The Hall–Kier alpha value is -3.81. The van der Waals surface area contributed by atoms with Crippen LogP contribution in [0.15, 0.2) is 84.2 Å². The van der Waals surface area contributed by atoms with E-state index in [1.54, 1.807) is 31.4 Å². The van der Waals surface area contributed by atoms with Gasteiger partial charge in [0.1, 0.15) is 0 Å². The minimum Gasteiger partial charge on any atom is -0.380 e. The Morgan fingerprint density at radius 1 is 0.875 bits per heavy atom. The SMILES string of the molecule is COCc1cccc(C(=O)Nc2nc(-c3ccc(NC(=O)c4ccccc4)cc3)cs2)c1. The number of hydrogen-bond donors (Lipinski definition) is 2. The highest BCUT2D eigenvalue weighted by Crippen LogP contribution is 2.26. The predicted octanol–water partition coefficient (Wildman–Crippen LogP) is 5.46. The lowest BCUT2D eigenvalue weighted by Crippen LogP contribution is -2.12. The molecule has 0 radical (unpaired) electrons. The quantitative estimate of drug-likeness (QED) is 0.397. The summed E-state index contributed by atoms with van der Waals surface area (Å²) in [6, 6.07) is 23.8. The number of anilines is 2. The number of methoxy groups -OCH3 is 1. The van der Waals surface area contributed by atoms with Crippen molar-refractivity contribution in [3.05, 3.63) is 101 Å². The van der Waals surface area contributed by atoms with Gasteiger partial charge in [-0.2, -0.15) is 0 Å². The van der Waals surface area contributed by atoms with Crippen LogP contribution in [-0.2, 0) is 11.3 Å². The monoisotopic (exact) mass is 443 g/mol. The van der Waals surface area contributed by atoms with Crippen molar-refractivity contribution < 1.29 is 14.3 Å². The van der Waals surface area contributed by atoms with E-state index in [0.717, 1.165) is 16.8 Å². The van der Waals surface area contributed by atoms with Crippen molar-refractivity contribution in [2.24, 2.45) is 0 Å². The van der Waals surface area contributed by atoms with Crippen molar-refractivity contribution in [3.8, 4) is 11.3 Å². The van der Waals surface area contributed by atoms with Gasteiger partial charge in [-0.3, -0.25) is 14.9 Å². The van der Waals surface area contributed by atoms with Crippen molar-refractivity contribution in [3.63, 3.8) is 0 Å². The van der Waals surface area contributed by atoms with Crippen molar-refractivity contribution in [2.45, 2.75) is 6.61 Å². The van der Waals surface area contributed by atoms with Gasteiger partial charge in [-0.1, -0.05) is 42.5 Å². The third kappa shape index (κ3) is 5.26. The van der Waals surface area contributed by atoms with Gasteiger partial charge in [-0.25, -0.2) is 4.98 Å². The number of ether oxygens (including phenoxy) is 1. The molecule has 0 spiro atoms. The number of benzene rings is 3. The number of amides is 2. The maximum Gasteiger partial charge on any atom is 0.257 e. The van der Waals surface area contributed by atoms with Crippen LogP contribution in [0.3, 0.4) is 0 Å². The fourth-order valence-electron chi connectivity index (χ4n) is 3.12. The van der Waals surface area contributed by atoms with Gasteiger partial charge in [0.15, 0.2) is 5.13 Å². The molecule has 160 valence electrons. The van der Waals surface area contributed by atoms with Crippen molar-refractivity contribution in [1.29, 1.82) is 0 Å². The Morgan fingerprint density at radius 2 is 1.59 bits per heavy atom. The largest absolute Gasteiger partial charge is 0.380 e. The molecular weight excluding hydrogens is 422 g/mol. The number of thiazole rings is 1. The molecule has 0 fully saturated rings. The van der Waals surface area contributed by atoms with E-state index >= 15 is 0 Å². The lowest BCUT2D eigenvalue weighted by Gasteiger charge is -2.06. The highest BCUT2D eigenvalue weighted by Gasteiger charge is 2.11. The van der Waals surface area contributed by atoms with Gasteiger partial charge in [0.05, 0.1) is 12.3 Å². The summed E-state index contributed by atoms with van der Waals surface area (Å²) in [5.41, 5.74) is 4.42. The number of aromatic nitrogens is 1. The lowest BCUT2D eigenvalue weighted by molar-refractivity contribution is 0.101. The van der Waals surface area contributed by atoms with Crippen LogP contribution in [0.4, 0.5) is 10.8 Å². The van der Waals surface area contributed by atoms with Crippen LogP contribution in [0.25, 0.3) is 11.3 Å². The normalized spacial score (nSPS) is 10.5. The molecule has 7 heteroatoms. The number of nitrogens with one attached hydrogen (secondary N) is 2. The average molecular weight is 444 g/mol. The van der Waals surface area contributed by atoms with Gasteiger partial charge in [0.25, 0.3) is 11.8 Å². The third-order valence-electron chi connectivity index (χ3n) is 4.70. The Balaban J connectivity index is 1.40. The topological polar surface area (TPSA) is 80.3 Å². The first-order chi connectivity index (χ1) is 15.6. The molecule has 0 atom stereocenters. The molecule has 0 unspecified atom stereocenters. The molecular formula is C25H21N3O3S. The number of carbonyl (C=O) groups is 2. The average Bonchev–Trinajstić information content (AvgIpc) is 3.29. The fraction of sp³-hybridized carbons (Fsp3) is 0.0800. The van der Waals surface area contributed by atoms with E-state index in [0.29, 0.717) is 28.6 Å². The van der Waals surface area contributed by atoms with E-state index in [4.69, 9.17) is 4.74 Å². The number of nitrogens with zero attached hydrogens (tertiary/aromatic N) is 1. The fourth-order valence-corrected chi connectivity index (χ4v) is 3.83. The Labute approximate surface area is 189 Å². The summed E-state index contributed by atoms with van der Waals surface area (Å²) in [6.07, 6.45) is 0. The van der Waals surface area contributed by atoms with Crippen molar-refractivity contribution in [2.75, 3.05) is 17.7 Å². The van der Waals surface area contributed by atoms with E-state index < -0.39 is 0 Å². The van der Waals surface area contributed by atoms with E-state index in [2.05, 4.69) is 15.6 Å². The molecule has 0 saturated carbocycles. The lowest BCUT2D eigenvalue weighted by atomic mass is 10.1. The van der Waals surface area contributed by atoms with Crippen LogP contribution in [0.5, 0.6) is 0 Å². The third-order valence-corrected chi connectivity index (χ3v) is 5.46. The van der Waals surface area contributed by atoms with E-state index in [-0.39, 0.29) is 11.8 Å².